The first-order valence-corrected chi connectivity index (χ1v) is 6.33. The molecule has 5 heteroatoms. The van der Waals surface area contributed by atoms with E-state index in [4.69, 9.17) is 10.5 Å². The van der Waals surface area contributed by atoms with Crippen molar-refractivity contribution in [3.05, 3.63) is 46.2 Å². The minimum Gasteiger partial charge on any atom is -0.497 e. The molecule has 0 saturated heterocycles. The van der Waals surface area contributed by atoms with E-state index in [1.54, 1.807) is 18.6 Å². The maximum Gasteiger partial charge on any atom is 0.263 e. The van der Waals surface area contributed by atoms with Crippen LogP contribution in [-0.2, 0) is 6.54 Å². The summed E-state index contributed by atoms with van der Waals surface area (Å²) < 4.78 is 5.12. The van der Waals surface area contributed by atoms with Crippen LogP contribution in [0.3, 0.4) is 0 Å². The van der Waals surface area contributed by atoms with Gasteiger partial charge in [0.1, 0.15) is 10.6 Å². The maximum atomic E-state index is 11.8. The normalized spacial score (nSPS) is 10.1. The third kappa shape index (κ3) is 2.81. The van der Waals surface area contributed by atoms with Gasteiger partial charge in [-0.2, -0.15) is 0 Å². The summed E-state index contributed by atoms with van der Waals surface area (Å²) in [5, 5.41) is 4.63. The van der Waals surface area contributed by atoms with E-state index in [0.29, 0.717) is 17.1 Å². The Bertz CT molecular complexity index is 551. The topological polar surface area (TPSA) is 64.3 Å². The molecule has 0 aliphatic carbocycles. The van der Waals surface area contributed by atoms with Gasteiger partial charge in [-0.15, -0.1) is 11.3 Å². The lowest BCUT2D eigenvalue weighted by atomic mass is 10.2. The summed E-state index contributed by atoms with van der Waals surface area (Å²) >= 11 is 1.34. The molecule has 1 heterocycles. The molecule has 94 valence electrons. The third-order valence-corrected chi connectivity index (χ3v) is 3.42. The first-order valence-electron chi connectivity index (χ1n) is 5.45. The second kappa shape index (κ2) is 5.55. The number of amides is 1. The van der Waals surface area contributed by atoms with Gasteiger partial charge in [0.15, 0.2) is 0 Å². The Morgan fingerprint density at radius 2 is 2.28 bits per heavy atom. The van der Waals surface area contributed by atoms with E-state index in [1.165, 1.54) is 11.3 Å². The van der Waals surface area contributed by atoms with Crippen molar-refractivity contribution in [1.29, 1.82) is 0 Å². The van der Waals surface area contributed by atoms with Gasteiger partial charge in [0.05, 0.1) is 12.8 Å². The number of benzene rings is 1. The van der Waals surface area contributed by atoms with Crippen molar-refractivity contribution in [2.75, 3.05) is 12.8 Å². The molecule has 0 fully saturated rings. The van der Waals surface area contributed by atoms with Crippen molar-refractivity contribution >= 4 is 22.9 Å². The molecule has 4 nitrogen and oxygen atoms in total. The molecule has 0 atom stereocenters. The molecule has 0 spiro atoms. The predicted molar refractivity (Wildman–Crippen MR) is 72.9 cm³/mol. The molecule has 2 aromatic rings. The van der Waals surface area contributed by atoms with Crippen LogP contribution in [0.5, 0.6) is 5.75 Å². The first kappa shape index (κ1) is 12.4. The smallest absolute Gasteiger partial charge is 0.263 e. The van der Waals surface area contributed by atoms with Crippen molar-refractivity contribution in [2.24, 2.45) is 0 Å². The summed E-state index contributed by atoms with van der Waals surface area (Å²) in [4.78, 5) is 12.4. The van der Waals surface area contributed by atoms with Gasteiger partial charge in [0.2, 0.25) is 0 Å². The summed E-state index contributed by atoms with van der Waals surface area (Å²) in [7, 11) is 1.62. The zero-order chi connectivity index (χ0) is 13.0. The molecule has 0 aliphatic rings. The number of nitrogens with two attached hydrogens (primary N) is 1. The molecule has 1 amide bonds. The summed E-state index contributed by atoms with van der Waals surface area (Å²) in [6.07, 6.45) is 0. The first-order chi connectivity index (χ1) is 8.70. The second-order valence-corrected chi connectivity index (χ2v) is 4.66. The van der Waals surface area contributed by atoms with Crippen LogP contribution in [-0.4, -0.2) is 13.0 Å². The zero-order valence-electron chi connectivity index (χ0n) is 9.97. The van der Waals surface area contributed by atoms with Crippen molar-refractivity contribution in [3.63, 3.8) is 0 Å². The highest BCUT2D eigenvalue weighted by Gasteiger charge is 2.10. The molecule has 2 rings (SSSR count). The molecule has 0 aliphatic heterocycles. The van der Waals surface area contributed by atoms with E-state index < -0.39 is 0 Å². The number of carbonyl (C=O) groups is 1. The number of hydrogen-bond acceptors (Lipinski definition) is 4. The van der Waals surface area contributed by atoms with Gasteiger partial charge >= 0.3 is 0 Å². The van der Waals surface area contributed by atoms with E-state index in [9.17, 15) is 4.79 Å². The quantitative estimate of drug-likeness (QED) is 0.888. The highest BCUT2D eigenvalue weighted by Crippen LogP contribution is 2.18. The van der Waals surface area contributed by atoms with Crippen LogP contribution in [0.1, 0.15) is 15.2 Å². The Kier molecular flexibility index (Phi) is 3.84. The SMILES string of the molecule is COc1cccc(CNC(=O)c2sccc2N)c1. The van der Waals surface area contributed by atoms with Crippen molar-refractivity contribution in [1.82, 2.24) is 5.32 Å². The predicted octanol–water partition coefficient (Wildman–Crippen LogP) is 2.27. The Morgan fingerprint density at radius 1 is 1.44 bits per heavy atom. The van der Waals surface area contributed by atoms with Gasteiger partial charge in [-0.05, 0) is 29.1 Å². The van der Waals surface area contributed by atoms with Gasteiger partial charge in [-0.1, -0.05) is 12.1 Å². The Labute approximate surface area is 109 Å². The largest absolute Gasteiger partial charge is 0.497 e. The van der Waals surface area contributed by atoms with Crippen molar-refractivity contribution in [2.45, 2.75) is 6.54 Å². The Hall–Kier alpha value is -2.01. The van der Waals surface area contributed by atoms with Gasteiger partial charge in [0, 0.05) is 6.54 Å². The fourth-order valence-electron chi connectivity index (χ4n) is 1.55. The fraction of sp³-hybridized carbons (Fsp3) is 0.154. The molecule has 1 aromatic heterocycles. The van der Waals surface area contributed by atoms with Gasteiger partial charge < -0.3 is 15.8 Å². The number of methoxy groups -OCH3 is 1. The Balaban J connectivity index is 1.99. The molecular weight excluding hydrogens is 248 g/mol. The van der Waals surface area contributed by atoms with Crippen LogP contribution >= 0.6 is 11.3 Å². The lowest BCUT2D eigenvalue weighted by Crippen LogP contribution is -2.22. The number of anilines is 1. The highest BCUT2D eigenvalue weighted by atomic mass is 32.1. The van der Waals surface area contributed by atoms with E-state index in [1.807, 2.05) is 24.3 Å². The average molecular weight is 262 g/mol. The van der Waals surface area contributed by atoms with Crippen LogP contribution in [0.25, 0.3) is 0 Å². The summed E-state index contributed by atoms with van der Waals surface area (Å²) in [6.45, 7) is 0.452. The summed E-state index contributed by atoms with van der Waals surface area (Å²) in [5.74, 6) is 0.628. The van der Waals surface area contributed by atoms with Crippen molar-refractivity contribution < 1.29 is 9.53 Å². The average Bonchev–Trinajstić information content (AvgIpc) is 2.82. The molecule has 18 heavy (non-hydrogen) atoms. The number of hydrogen-bond donors (Lipinski definition) is 2. The number of carbonyl (C=O) groups excluding carboxylic acids is 1. The van der Waals surface area contributed by atoms with Crippen LogP contribution < -0.4 is 15.8 Å². The molecule has 0 radical (unpaired) electrons. The molecular formula is C13H14N2O2S. The number of nitrogen functional groups attached to an aromatic ring is 1. The van der Waals surface area contributed by atoms with E-state index in [-0.39, 0.29) is 5.91 Å². The lowest BCUT2D eigenvalue weighted by Gasteiger charge is -2.06. The van der Waals surface area contributed by atoms with Crippen LogP contribution in [0, 0.1) is 0 Å². The van der Waals surface area contributed by atoms with E-state index in [2.05, 4.69) is 5.32 Å². The third-order valence-electron chi connectivity index (χ3n) is 2.49. The van der Waals surface area contributed by atoms with Gasteiger partial charge in [0.25, 0.3) is 5.91 Å². The standard InChI is InChI=1S/C13H14N2O2S/c1-17-10-4-2-3-9(7-10)8-15-13(16)12-11(14)5-6-18-12/h2-7H,8,14H2,1H3,(H,15,16). The second-order valence-electron chi connectivity index (χ2n) is 3.74. The molecule has 0 bridgehead atoms. The molecule has 3 N–H and O–H groups in total. The number of ether oxygens (including phenoxy) is 1. The minimum absolute atomic E-state index is 0.148. The van der Waals surface area contributed by atoms with Gasteiger partial charge in [-0.25, -0.2) is 0 Å². The molecule has 0 unspecified atom stereocenters. The van der Waals surface area contributed by atoms with Crippen LogP contribution in [0.4, 0.5) is 5.69 Å². The van der Waals surface area contributed by atoms with Crippen LogP contribution in [0.2, 0.25) is 0 Å². The number of nitrogens with one attached hydrogen (secondary N) is 1. The highest BCUT2D eigenvalue weighted by molar-refractivity contribution is 7.12. The summed E-state index contributed by atoms with van der Waals surface area (Å²) in [5.41, 5.74) is 7.19. The monoisotopic (exact) mass is 262 g/mol. The number of rotatable bonds is 4. The Morgan fingerprint density at radius 3 is 2.94 bits per heavy atom. The van der Waals surface area contributed by atoms with Gasteiger partial charge in [-0.3, -0.25) is 4.79 Å². The summed E-state index contributed by atoms with van der Waals surface area (Å²) in [6, 6.07) is 9.30. The minimum atomic E-state index is -0.148. The van der Waals surface area contributed by atoms with Crippen molar-refractivity contribution in [3.8, 4) is 5.75 Å². The molecule has 1 aromatic carbocycles. The van der Waals surface area contributed by atoms with Crippen LogP contribution in [0.15, 0.2) is 35.7 Å². The van der Waals surface area contributed by atoms with E-state index >= 15 is 0 Å². The lowest BCUT2D eigenvalue weighted by molar-refractivity contribution is 0.0955. The fourth-order valence-corrected chi connectivity index (χ4v) is 2.28. The zero-order valence-corrected chi connectivity index (χ0v) is 10.8. The number of thiophene rings is 1. The maximum absolute atomic E-state index is 11.8. The molecule has 0 saturated carbocycles. The van der Waals surface area contributed by atoms with E-state index in [0.717, 1.165) is 11.3 Å².